The first kappa shape index (κ1) is 17.0. The van der Waals surface area contributed by atoms with Crippen LogP contribution in [0.25, 0.3) is 0 Å². The molecule has 0 aromatic rings. The minimum Gasteiger partial charge on any atom is -0.481 e. The number of rotatable bonds is 5. The molecule has 6 nitrogen and oxygen atoms in total. The quantitative estimate of drug-likeness (QED) is 0.427. The van der Waals surface area contributed by atoms with Crippen LogP contribution >= 0.6 is 7.82 Å². The highest BCUT2D eigenvalue weighted by Crippen LogP contribution is 2.25. The van der Waals surface area contributed by atoms with Gasteiger partial charge in [-0.2, -0.15) is 0 Å². The molecule has 7 heteroatoms. The van der Waals surface area contributed by atoms with Crippen molar-refractivity contribution >= 4 is 13.8 Å². The molecule has 0 heterocycles. The summed E-state index contributed by atoms with van der Waals surface area (Å²) in [5, 5.41) is 8.28. The number of phosphoric acid groups is 1. The van der Waals surface area contributed by atoms with Gasteiger partial charge in [-0.15, -0.1) is 0 Å². The highest BCUT2D eigenvalue weighted by Gasteiger charge is 2.00. The number of carboxylic acids is 1. The van der Waals surface area contributed by atoms with Crippen LogP contribution in [0.4, 0.5) is 0 Å². The van der Waals surface area contributed by atoms with Crippen LogP contribution in [0.5, 0.6) is 0 Å². The van der Waals surface area contributed by atoms with E-state index < -0.39 is 13.8 Å². The molecule has 0 saturated heterocycles. The van der Waals surface area contributed by atoms with Gasteiger partial charge in [0.05, 0.1) is 0 Å². The van der Waals surface area contributed by atoms with Crippen molar-refractivity contribution < 1.29 is 29.1 Å². The van der Waals surface area contributed by atoms with E-state index >= 15 is 0 Å². The monoisotopic (exact) mass is 242 g/mol. The average molecular weight is 242 g/mol. The van der Waals surface area contributed by atoms with Crippen LogP contribution in [0.3, 0.4) is 0 Å². The van der Waals surface area contributed by atoms with Gasteiger partial charge in [0.25, 0.3) is 0 Å². The summed E-state index contributed by atoms with van der Waals surface area (Å²) in [6.45, 7) is 4.31. The molecule has 0 bridgehead atoms. The molecular formula is C8H19O6P. The SMILES string of the molecule is CC(C)CCCCC(=O)O.O=P(O)(O)O. The Labute approximate surface area is 89.2 Å². The van der Waals surface area contributed by atoms with Crippen LogP contribution in [0.2, 0.25) is 0 Å². The number of unbranched alkanes of at least 4 members (excludes halogenated alkanes) is 1. The zero-order valence-electron chi connectivity index (χ0n) is 8.96. The zero-order chi connectivity index (χ0) is 12.5. The Morgan fingerprint density at radius 2 is 1.60 bits per heavy atom. The second kappa shape index (κ2) is 8.85. The van der Waals surface area contributed by atoms with Crippen molar-refractivity contribution in [2.45, 2.75) is 39.5 Å². The third-order valence-corrected chi connectivity index (χ3v) is 1.42. The Hall–Kier alpha value is -0.420. The predicted molar refractivity (Wildman–Crippen MR) is 55.2 cm³/mol. The van der Waals surface area contributed by atoms with Crippen molar-refractivity contribution in [3.05, 3.63) is 0 Å². The lowest BCUT2D eigenvalue weighted by Gasteiger charge is -2.01. The summed E-state index contributed by atoms with van der Waals surface area (Å²) in [4.78, 5) is 31.6. The summed E-state index contributed by atoms with van der Waals surface area (Å²) in [6.07, 6.45) is 3.34. The fourth-order valence-electron chi connectivity index (χ4n) is 0.829. The minimum atomic E-state index is -4.64. The minimum absolute atomic E-state index is 0.326. The van der Waals surface area contributed by atoms with Gasteiger partial charge in [-0.05, 0) is 12.3 Å². The van der Waals surface area contributed by atoms with Crippen LogP contribution in [0, 0.1) is 5.92 Å². The lowest BCUT2D eigenvalue weighted by molar-refractivity contribution is -0.137. The summed E-state index contributed by atoms with van der Waals surface area (Å²) in [5.41, 5.74) is 0. The van der Waals surface area contributed by atoms with E-state index in [0.717, 1.165) is 19.3 Å². The lowest BCUT2D eigenvalue weighted by atomic mass is 10.1. The van der Waals surface area contributed by atoms with Crippen LogP contribution in [-0.4, -0.2) is 25.8 Å². The maximum Gasteiger partial charge on any atom is 0.466 e. The van der Waals surface area contributed by atoms with Gasteiger partial charge in [0, 0.05) is 6.42 Å². The Morgan fingerprint density at radius 3 is 1.87 bits per heavy atom. The van der Waals surface area contributed by atoms with E-state index in [1.165, 1.54) is 0 Å². The molecule has 0 aliphatic heterocycles. The molecule has 4 N–H and O–H groups in total. The summed E-state index contributed by atoms with van der Waals surface area (Å²) in [7, 11) is -4.64. The number of aliphatic carboxylic acids is 1. The highest BCUT2D eigenvalue weighted by molar-refractivity contribution is 7.45. The van der Waals surface area contributed by atoms with Gasteiger partial charge in [0.1, 0.15) is 0 Å². The second-order valence-corrected chi connectivity index (χ2v) is 4.57. The molecule has 0 fully saturated rings. The topological polar surface area (TPSA) is 115 Å². The molecule has 15 heavy (non-hydrogen) atoms. The first-order valence-corrected chi connectivity index (χ1v) is 6.19. The van der Waals surface area contributed by atoms with Gasteiger partial charge in [-0.3, -0.25) is 4.79 Å². The second-order valence-electron chi connectivity index (χ2n) is 3.55. The van der Waals surface area contributed by atoms with Gasteiger partial charge in [-0.1, -0.05) is 26.7 Å². The van der Waals surface area contributed by atoms with E-state index in [4.69, 9.17) is 24.4 Å². The van der Waals surface area contributed by atoms with Crippen molar-refractivity contribution in [1.29, 1.82) is 0 Å². The van der Waals surface area contributed by atoms with E-state index in [2.05, 4.69) is 13.8 Å². The van der Waals surface area contributed by atoms with Crippen molar-refractivity contribution in [2.75, 3.05) is 0 Å². The van der Waals surface area contributed by atoms with Crippen molar-refractivity contribution in [3.8, 4) is 0 Å². The van der Waals surface area contributed by atoms with Crippen molar-refractivity contribution in [1.82, 2.24) is 0 Å². The van der Waals surface area contributed by atoms with E-state index in [9.17, 15) is 4.79 Å². The van der Waals surface area contributed by atoms with Crippen molar-refractivity contribution in [3.63, 3.8) is 0 Å². The molecule has 0 aliphatic rings. The number of hydrogen-bond acceptors (Lipinski definition) is 2. The number of carbonyl (C=O) groups is 1. The molecule has 0 unspecified atom stereocenters. The standard InChI is InChI=1S/C8H16O2.H3O4P/c1-7(2)5-3-4-6-8(9)10;1-5(2,3)4/h7H,3-6H2,1-2H3,(H,9,10);(H3,1,2,3,4). The molecule has 0 spiro atoms. The largest absolute Gasteiger partial charge is 0.481 e. The molecule has 0 aromatic carbocycles. The Morgan fingerprint density at radius 1 is 1.20 bits per heavy atom. The Bertz CT molecular complexity index is 201. The van der Waals surface area contributed by atoms with Gasteiger partial charge in [0.15, 0.2) is 0 Å². The maximum atomic E-state index is 10.0. The Balaban J connectivity index is 0. The molecule has 0 aliphatic carbocycles. The summed E-state index contributed by atoms with van der Waals surface area (Å²) in [6, 6.07) is 0. The summed E-state index contributed by atoms with van der Waals surface area (Å²) in [5.74, 6) is 0.0255. The Kier molecular flexibility index (Phi) is 10.0. The van der Waals surface area contributed by atoms with E-state index in [1.54, 1.807) is 0 Å². The van der Waals surface area contributed by atoms with E-state index in [0.29, 0.717) is 12.3 Å². The molecule has 0 aromatic heterocycles. The molecule has 92 valence electrons. The molecule has 0 amide bonds. The normalized spacial score (nSPS) is 10.8. The lowest BCUT2D eigenvalue weighted by Crippen LogP contribution is -1.94. The summed E-state index contributed by atoms with van der Waals surface area (Å²) >= 11 is 0. The average Bonchev–Trinajstić information content (AvgIpc) is 1.94. The zero-order valence-corrected chi connectivity index (χ0v) is 9.85. The van der Waals surface area contributed by atoms with Crippen LogP contribution in [0.1, 0.15) is 39.5 Å². The molecule has 0 rings (SSSR count). The smallest absolute Gasteiger partial charge is 0.466 e. The predicted octanol–water partition coefficient (Wildman–Crippen LogP) is 1.36. The number of carboxylic acid groups (broad SMARTS) is 1. The first-order valence-electron chi connectivity index (χ1n) is 4.63. The van der Waals surface area contributed by atoms with Crippen LogP contribution in [0.15, 0.2) is 0 Å². The van der Waals surface area contributed by atoms with Crippen molar-refractivity contribution in [2.24, 2.45) is 5.92 Å². The molecule has 0 atom stereocenters. The highest BCUT2D eigenvalue weighted by atomic mass is 31.2. The third-order valence-electron chi connectivity index (χ3n) is 1.42. The van der Waals surface area contributed by atoms with Gasteiger partial charge >= 0.3 is 13.8 Å². The number of hydrogen-bond donors (Lipinski definition) is 4. The fourth-order valence-corrected chi connectivity index (χ4v) is 0.829. The maximum absolute atomic E-state index is 10.0. The summed E-state index contributed by atoms with van der Waals surface area (Å²) < 4.78 is 8.88. The molecular weight excluding hydrogens is 223 g/mol. The molecule has 0 radical (unpaired) electrons. The van der Waals surface area contributed by atoms with Gasteiger partial charge < -0.3 is 19.8 Å². The van der Waals surface area contributed by atoms with Crippen LogP contribution < -0.4 is 0 Å². The third kappa shape index (κ3) is 42.1. The van der Waals surface area contributed by atoms with Gasteiger partial charge in [0.2, 0.25) is 0 Å². The van der Waals surface area contributed by atoms with E-state index in [1.807, 2.05) is 0 Å². The fraction of sp³-hybridized carbons (Fsp3) is 0.875. The van der Waals surface area contributed by atoms with E-state index in [-0.39, 0.29) is 0 Å². The molecule has 0 saturated carbocycles. The van der Waals surface area contributed by atoms with Gasteiger partial charge in [-0.25, -0.2) is 4.57 Å². The van der Waals surface area contributed by atoms with Crippen LogP contribution in [-0.2, 0) is 9.36 Å². The first-order chi connectivity index (χ1) is 6.63.